The molecule has 0 aromatic carbocycles. The van der Waals surface area contributed by atoms with E-state index in [-0.39, 0.29) is 18.0 Å². The van der Waals surface area contributed by atoms with E-state index in [0.29, 0.717) is 12.5 Å². The molecule has 2 aliphatic rings. The van der Waals surface area contributed by atoms with E-state index in [2.05, 4.69) is 20.9 Å². The number of nitrogens with one attached hydrogen (secondary N) is 3. The van der Waals surface area contributed by atoms with E-state index in [1.54, 1.807) is 0 Å². The summed E-state index contributed by atoms with van der Waals surface area (Å²) in [6.07, 6.45) is 4.38. The van der Waals surface area contributed by atoms with Crippen LogP contribution in [0.1, 0.15) is 25.7 Å². The zero-order valence-electron chi connectivity index (χ0n) is 11.6. The molecule has 1 saturated heterocycles. The van der Waals surface area contributed by atoms with Crippen molar-refractivity contribution in [2.75, 3.05) is 33.2 Å². The minimum absolute atomic E-state index is 0.205. The van der Waals surface area contributed by atoms with E-state index >= 15 is 0 Å². The molecule has 6 nitrogen and oxygen atoms in total. The maximum atomic E-state index is 11.8. The molecule has 0 aromatic heterocycles. The molecule has 1 aliphatic heterocycles. The number of nitrogens with zero attached hydrogens (tertiary/aromatic N) is 1. The maximum absolute atomic E-state index is 11.8. The second-order valence-corrected chi connectivity index (χ2v) is 5.60. The standard InChI is InChI=1S/C13H24N4O2/c1-14-7-10-3-2-6-17(8-10)9-12(18)16-13(19)15-11-4-5-11/h10-11,14H,2-9H2,1H3,(H2,15,16,18,19). The van der Waals surface area contributed by atoms with Gasteiger partial charge in [0.2, 0.25) is 5.91 Å². The third-order valence-corrected chi connectivity index (χ3v) is 3.63. The van der Waals surface area contributed by atoms with Crippen molar-refractivity contribution >= 4 is 11.9 Å². The molecule has 3 N–H and O–H groups in total. The Morgan fingerprint density at radius 2 is 2.05 bits per heavy atom. The Morgan fingerprint density at radius 1 is 1.26 bits per heavy atom. The van der Waals surface area contributed by atoms with Gasteiger partial charge in [0, 0.05) is 12.6 Å². The highest BCUT2D eigenvalue weighted by Gasteiger charge is 2.25. The fraction of sp³-hybridized carbons (Fsp3) is 0.846. The minimum Gasteiger partial charge on any atom is -0.335 e. The summed E-state index contributed by atoms with van der Waals surface area (Å²) in [4.78, 5) is 25.3. The Morgan fingerprint density at radius 3 is 2.74 bits per heavy atom. The molecule has 0 spiro atoms. The van der Waals surface area contributed by atoms with Crippen LogP contribution in [0, 0.1) is 5.92 Å². The van der Waals surface area contributed by atoms with E-state index in [1.807, 2.05) is 7.05 Å². The number of imide groups is 1. The molecule has 1 atom stereocenters. The highest BCUT2D eigenvalue weighted by molar-refractivity contribution is 5.95. The van der Waals surface area contributed by atoms with Crippen molar-refractivity contribution in [3.63, 3.8) is 0 Å². The lowest BCUT2D eigenvalue weighted by atomic mass is 9.98. The van der Waals surface area contributed by atoms with Crippen LogP contribution in [0.3, 0.4) is 0 Å². The number of likely N-dealkylation sites (tertiary alicyclic amines) is 1. The maximum Gasteiger partial charge on any atom is 0.321 e. The van der Waals surface area contributed by atoms with Gasteiger partial charge in [0.05, 0.1) is 6.54 Å². The van der Waals surface area contributed by atoms with Gasteiger partial charge in [0.25, 0.3) is 0 Å². The summed E-state index contributed by atoms with van der Waals surface area (Å²) < 4.78 is 0. The lowest BCUT2D eigenvalue weighted by molar-refractivity contribution is -0.121. The van der Waals surface area contributed by atoms with Crippen molar-refractivity contribution < 1.29 is 9.59 Å². The Bertz CT molecular complexity index is 329. The first-order valence-corrected chi connectivity index (χ1v) is 7.14. The largest absolute Gasteiger partial charge is 0.335 e. The van der Waals surface area contributed by atoms with Crippen LogP contribution in [0.5, 0.6) is 0 Å². The van der Waals surface area contributed by atoms with E-state index in [4.69, 9.17) is 0 Å². The second kappa shape index (κ2) is 6.86. The molecule has 1 heterocycles. The van der Waals surface area contributed by atoms with Crippen LogP contribution in [0.2, 0.25) is 0 Å². The molecule has 3 amide bonds. The van der Waals surface area contributed by atoms with Crippen LogP contribution in [0.15, 0.2) is 0 Å². The van der Waals surface area contributed by atoms with Crippen LogP contribution < -0.4 is 16.0 Å². The van der Waals surface area contributed by atoms with Gasteiger partial charge in [-0.2, -0.15) is 0 Å². The molecular weight excluding hydrogens is 244 g/mol. The van der Waals surface area contributed by atoms with E-state index in [1.165, 1.54) is 6.42 Å². The van der Waals surface area contributed by atoms with Gasteiger partial charge in [-0.15, -0.1) is 0 Å². The van der Waals surface area contributed by atoms with Crippen molar-refractivity contribution in [1.29, 1.82) is 0 Å². The third kappa shape index (κ3) is 5.16. The molecule has 1 saturated carbocycles. The molecule has 2 fully saturated rings. The molecule has 2 rings (SSSR count). The number of hydrogen-bond donors (Lipinski definition) is 3. The third-order valence-electron chi connectivity index (χ3n) is 3.63. The molecule has 0 radical (unpaired) electrons. The zero-order chi connectivity index (χ0) is 13.7. The second-order valence-electron chi connectivity index (χ2n) is 5.60. The average molecular weight is 268 g/mol. The van der Waals surface area contributed by atoms with Gasteiger partial charge in [0.1, 0.15) is 0 Å². The summed E-state index contributed by atoms with van der Waals surface area (Å²) in [5.74, 6) is 0.398. The van der Waals surface area contributed by atoms with Crippen LogP contribution in [0.4, 0.5) is 4.79 Å². The van der Waals surface area contributed by atoms with Crippen molar-refractivity contribution in [2.45, 2.75) is 31.7 Å². The fourth-order valence-corrected chi connectivity index (χ4v) is 2.57. The highest BCUT2D eigenvalue weighted by atomic mass is 16.2. The molecule has 0 bridgehead atoms. The van der Waals surface area contributed by atoms with Crippen LogP contribution in [0.25, 0.3) is 0 Å². The molecular formula is C13H24N4O2. The Labute approximate surface area is 114 Å². The van der Waals surface area contributed by atoms with Crippen LogP contribution in [-0.4, -0.2) is 56.1 Å². The van der Waals surface area contributed by atoms with Gasteiger partial charge < -0.3 is 10.6 Å². The topological polar surface area (TPSA) is 73.5 Å². The summed E-state index contributed by atoms with van der Waals surface area (Å²) in [5, 5.41) is 8.33. The van der Waals surface area contributed by atoms with E-state index < -0.39 is 0 Å². The van der Waals surface area contributed by atoms with Gasteiger partial charge >= 0.3 is 6.03 Å². The fourth-order valence-electron chi connectivity index (χ4n) is 2.57. The highest BCUT2D eigenvalue weighted by Crippen LogP contribution is 2.18. The Balaban J connectivity index is 1.67. The number of carbonyl (C=O) groups is 2. The quantitative estimate of drug-likeness (QED) is 0.651. The monoisotopic (exact) mass is 268 g/mol. The predicted molar refractivity (Wildman–Crippen MR) is 72.8 cm³/mol. The minimum atomic E-state index is -0.351. The normalized spacial score (nSPS) is 23.9. The van der Waals surface area contributed by atoms with Gasteiger partial charge in [-0.25, -0.2) is 4.79 Å². The first-order chi connectivity index (χ1) is 9.17. The van der Waals surface area contributed by atoms with E-state index in [0.717, 1.165) is 38.9 Å². The number of hydrogen-bond acceptors (Lipinski definition) is 4. The molecule has 1 aliphatic carbocycles. The number of piperidine rings is 1. The summed E-state index contributed by atoms with van der Waals surface area (Å²) in [7, 11) is 1.95. The summed E-state index contributed by atoms with van der Waals surface area (Å²) in [6.45, 7) is 3.18. The van der Waals surface area contributed by atoms with Gasteiger partial charge in [-0.05, 0) is 51.7 Å². The molecule has 0 aromatic rings. The molecule has 19 heavy (non-hydrogen) atoms. The Kier molecular flexibility index (Phi) is 5.15. The summed E-state index contributed by atoms with van der Waals surface area (Å²) in [6, 6.07) is -0.0703. The molecule has 6 heteroatoms. The molecule has 108 valence electrons. The predicted octanol–water partition coefficient (Wildman–Crippen LogP) is -0.0940. The molecule has 1 unspecified atom stereocenters. The van der Waals surface area contributed by atoms with E-state index in [9.17, 15) is 9.59 Å². The lowest BCUT2D eigenvalue weighted by Gasteiger charge is -2.31. The van der Waals surface area contributed by atoms with Crippen molar-refractivity contribution in [3.8, 4) is 0 Å². The van der Waals surface area contributed by atoms with Crippen LogP contribution in [-0.2, 0) is 4.79 Å². The zero-order valence-corrected chi connectivity index (χ0v) is 11.6. The number of rotatable bonds is 5. The number of urea groups is 1. The average Bonchev–Trinajstić information content (AvgIpc) is 3.13. The summed E-state index contributed by atoms with van der Waals surface area (Å²) >= 11 is 0. The Hall–Kier alpha value is -1.14. The number of carbonyl (C=O) groups excluding carboxylic acids is 2. The van der Waals surface area contributed by atoms with Gasteiger partial charge in [0.15, 0.2) is 0 Å². The summed E-state index contributed by atoms with van der Waals surface area (Å²) in [5.41, 5.74) is 0. The van der Waals surface area contributed by atoms with Gasteiger partial charge in [-0.3, -0.25) is 15.0 Å². The first kappa shape index (κ1) is 14.3. The first-order valence-electron chi connectivity index (χ1n) is 7.14. The van der Waals surface area contributed by atoms with Gasteiger partial charge in [-0.1, -0.05) is 0 Å². The van der Waals surface area contributed by atoms with Crippen molar-refractivity contribution in [3.05, 3.63) is 0 Å². The number of amides is 3. The lowest BCUT2D eigenvalue weighted by Crippen LogP contribution is -2.48. The van der Waals surface area contributed by atoms with Crippen molar-refractivity contribution in [2.24, 2.45) is 5.92 Å². The van der Waals surface area contributed by atoms with Crippen LogP contribution >= 0.6 is 0 Å². The smallest absolute Gasteiger partial charge is 0.321 e. The van der Waals surface area contributed by atoms with Crippen molar-refractivity contribution in [1.82, 2.24) is 20.9 Å². The SMILES string of the molecule is CNCC1CCCN(CC(=O)NC(=O)NC2CC2)C1.